The minimum atomic E-state index is 0.679. The van der Waals surface area contributed by atoms with Crippen LogP contribution in [0.15, 0.2) is 218 Å². The summed E-state index contributed by atoms with van der Waals surface area (Å²) in [7, 11) is 0. The second-order valence-electron chi connectivity index (χ2n) is 28.5. The van der Waals surface area contributed by atoms with E-state index in [1.165, 1.54) is 143 Å². The van der Waals surface area contributed by atoms with Gasteiger partial charge >= 0.3 is 0 Å². The zero-order valence-corrected chi connectivity index (χ0v) is 60.3. The summed E-state index contributed by atoms with van der Waals surface area (Å²) in [5, 5.41) is 9.97. The third-order valence-electron chi connectivity index (χ3n) is 20.4. The first kappa shape index (κ1) is 63.3. The molecular weight excluding hydrogens is 1250 g/mol. The van der Waals surface area contributed by atoms with Crippen LogP contribution < -0.4 is 0 Å². The first-order chi connectivity index (χ1) is 49.2. The van der Waals surface area contributed by atoms with Gasteiger partial charge in [-0.25, -0.2) is 29.9 Å². The Morgan fingerprint density at radius 3 is 0.686 bits per heavy atom. The summed E-state index contributed by atoms with van der Waals surface area (Å²) < 4.78 is 9.85. The van der Waals surface area contributed by atoms with Gasteiger partial charge in [0, 0.05) is 76.5 Å². The van der Waals surface area contributed by atoms with Crippen molar-refractivity contribution >= 4 is 87.2 Å². The fourth-order valence-corrected chi connectivity index (χ4v) is 15.8. The summed E-state index contributed by atoms with van der Waals surface area (Å²) in [6.07, 6.45) is 0. The largest absolute Gasteiger partial charge is 0.309 e. The zero-order chi connectivity index (χ0) is 70.3. The van der Waals surface area contributed by atoms with Crippen LogP contribution in [0, 0.1) is 96.9 Å². The van der Waals surface area contributed by atoms with Gasteiger partial charge in [-0.3, -0.25) is 0 Å². The number of benzene rings is 12. The average molecular weight is 1320 g/mol. The second kappa shape index (κ2) is 24.3. The lowest BCUT2D eigenvalue weighted by Gasteiger charge is -2.20. The molecule has 0 bridgehead atoms. The molecule has 0 N–H and O–H groups in total. The van der Waals surface area contributed by atoms with E-state index in [-0.39, 0.29) is 0 Å². The summed E-state index contributed by atoms with van der Waals surface area (Å²) in [5.74, 6) is 4.21. The third-order valence-corrected chi connectivity index (χ3v) is 20.4. The lowest BCUT2D eigenvalue weighted by Crippen LogP contribution is -2.04. The molecule has 0 aliphatic rings. The summed E-state index contributed by atoms with van der Waals surface area (Å²) in [5.41, 5.74) is 32.7. The van der Waals surface area contributed by atoms with Gasteiger partial charge < -0.3 is 18.3 Å². The molecule has 0 radical (unpaired) electrons. The molecule has 10 heteroatoms. The maximum absolute atomic E-state index is 4.81. The molecule has 0 unspecified atom stereocenters. The Bertz CT molecular complexity index is 6290. The number of hydrogen-bond donors (Lipinski definition) is 0. The topological polar surface area (TPSA) is 97.1 Å². The Morgan fingerprint density at radius 1 is 0.176 bits per heavy atom. The minimum Gasteiger partial charge on any atom is -0.309 e. The highest BCUT2D eigenvalue weighted by Gasteiger charge is 2.26. The van der Waals surface area contributed by atoms with E-state index in [0.717, 1.165) is 56.1 Å². The van der Waals surface area contributed by atoms with Crippen molar-refractivity contribution in [2.24, 2.45) is 0 Å². The third kappa shape index (κ3) is 10.8. The summed E-state index contributed by atoms with van der Waals surface area (Å²) >= 11 is 0. The van der Waals surface area contributed by atoms with Gasteiger partial charge in [0.25, 0.3) is 0 Å². The number of hydrogen-bond acceptors (Lipinski definition) is 6. The minimum absolute atomic E-state index is 0.679. The number of aromatic nitrogens is 10. The van der Waals surface area contributed by atoms with E-state index in [0.29, 0.717) is 34.9 Å². The van der Waals surface area contributed by atoms with Gasteiger partial charge in [-0.05, 0) is 250 Å². The van der Waals surface area contributed by atoms with Crippen LogP contribution in [-0.2, 0) is 0 Å². The molecule has 496 valence electrons. The lowest BCUT2D eigenvalue weighted by molar-refractivity contribution is 0.928. The van der Waals surface area contributed by atoms with Crippen molar-refractivity contribution < 1.29 is 0 Å². The molecule has 0 saturated heterocycles. The molecule has 102 heavy (non-hydrogen) atoms. The Balaban J connectivity index is 0.000000152. The second-order valence-corrected chi connectivity index (χ2v) is 28.5. The van der Waals surface area contributed by atoms with Gasteiger partial charge in [0.05, 0.1) is 66.9 Å². The molecule has 0 atom stereocenters. The van der Waals surface area contributed by atoms with Crippen LogP contribution in [0.2, 0.25) is 0 Å². The summed E-state index contributed by atoms with van der Waals surface area (Å²) in [6.45, 7) is 29.5. The van der Waals surface area contributed by atoms with Crippen LogP contribution in [0.25, 0.3) is 155 Å². The van der Waals surface area contributed by atoms with E-state index in [2.05, 4.69) is 316 Å². The highest BCUT2D eigenvalue weighted by atomic mass is 15.0. The molecule has 0 saturated carbocycles. The standard InChI is InChI=1S/2C46H39N5/c1-26-12-18-40(50-42-21-27(2)8-14-34(42)35-15-9-28(3)22-43(35)50)38(20-26)39-25-33(46-48-31(6)47-32(7)49-46)13-19-41(39)51-44-23-29(4)10-16-36(44)37-17-11-30(5)24-45(37)51;1-26-8-14-34-35-15-9-27(2)21-42(35)50(41(34)20-26)40-19-13-33(46-48-31(6)47-32(7)49-46)25-39(40)38-18-12-30(5)24-45(38)51-43-22-28(3)10-16-36(43)37-17-11-29(4)23-44(37)51/h2*8-25H,1-7H3. The monoisotopic (exact) mass is 1320 g/mol. The Hall–Kier alpha value is -12.1. The molecule has 18 rings (SSSR count). The average Bonchev–Trinajstić information content (AvgIpc) is 1.56. The Morgan fingerprint density at radius 2 is 0.392 bits per heavy atom. The highest BCUT2D eigenvalue weighted by molar-refractivity contribution is 6.14. The number of fused-ring (bicyclic) bond motifs is 12. The van der Waals surface area contributed by atoms with E-state index in [1.54, 1.807) is 0 Å². The Labute approximate surface area is 594 Å². The molecule has 0 spiro atoms. The molecule has 6 aromatic heterocycles. The zero-order valence-electron chi connectivity index (χ0n) is 60.3. The molecule has 0 aliphatic carbocycles. The van der Waals surface area contributed by atoms with Crippen molar-refractivity contribution in [1.29, 1.82) is 0 Å². The predicted octanol–water partition coefficient (Wildman–Crippen LogP) is 23.1. The van der Waals surface area contributed by atoms with Crippen LogP contribution in [0.1, 0.15) is 78.9 Å². The van der Waals surface area contributed by atoms with E-state index < -0.39 is 0 Å². The van der Waals surface area contributed by atoms with Crippen molar-refractivity contribution in [3.63, 3.8) is 0 Å². The van der Waals surface area contributed by atoms with Crippen molar-refractivity contribution in [2.75, 3.05) is 0 Å². The smallest absolute Gasteiger partial charge is 0.163 e. The van der Waals surface area contributed by atoms with Crippen LogP contribution in [-0.4, -0.2) is 48.2 Å². The van der Waals surface area contributed by atoms with E-state index >= 15 is 0 Å². The number of rotatable bonds is 8. The van der Waals surface area contributed by atoms with Crippen LogP contribution in [0.3, 0.4) is 0 Å². The van der Waals surface area contributed by atoms with Gasteiger partial charge in [-0.2, -0.15) is 0 Å². The van der Waals surface area contributed by atoms with Crippen molar-refractivity contribution in [1.82, 2.24) is 48.2 Å². The van der Waals surface area contributed by atoms with E-state index in [9.17, 15) is 0 Å². The highest BCUT2D eigenvalue weighted by Crippen LogP contribution is 2.46. The molecule has 0 amide bonds. The quantitative estimate of drug-likeness (QED) is 0.150. The van der Waals surface area contributed by atoms with Crippen molar-refractivity contribution in [3.05, 3.63) is 297 Å². The lowest BCUT2D eigenvalue weighted by atomic mass is 9.96. The fraction of sp³-hybridized carbons (Fsp3) is 0.152. The van der Waals surface area contributed by atoms with Crippen molar-refractivity contribution in [3.8, 4) is 67.8 Å². The van der Waals surface area contributed by atoms with Crippen LogP contribution in [0.5, 0.6) is 0 Å². The predicted molar refractivity (Wildman–Crippen MR) is 425 cm³/mol. The molecule has 0 aliphatic heterocycles. The van der Waals surface area contributed by atoms with E-state index in [4.69, 9.17) is 19.9 Å². The maximum atomic E-state index is 4.81. The number of nitrogens with zero attached hydrogens (tertiary/aromatic N) is 10. The van der Waals surface area contributed by atoms with Gasteiger partial charge in [-0.15, -0.1) is 0 Å². The molecule has 12 aromatic carbocycles. The molecule has 18 aromatic rings. The maximum Gasteiger partial charge on any atom is 0.163 e. The summed E-state index contributed by atoms with van der Waals surface area (Å²) in [4.78, 5) is 28.2. The molecule has 0 fully saturated rings. The van der Waals surface area contributed by atoms with Gasteiger partial charge in [0.2, 0.25) is 0 Å². The van der Waals surface area contributed by atoms with Gasteiger partial charge in [0.1, 0.15) is 23.3 Å². The SMILES string of the molecule is Cc1ccc(-c2cc(-c3nc(C)nc(C)n3)ccc2-n2c3cc(C)ccc3c3ccc(C)cc32)c(-n2c3cc(C)ccc3c3ccc(C)cc32)c1.Cc1ccc(-n2c3cc(C)ccc3c3ccc(C)cc32)c(-c2cc(-c3nc(C)nc(C)n3)ccc2-n2c3cc(C)ccc3c3ccc(C)cc32)c1. The fourth-order valence-electron chi connectivity index (χ4n) is 15.8. The van der Waals surface area contributed by atoms with E-state index in [1.807, 2.05) is 27.7 Å². The number of aryl methyl sites for hydroxylation is 14. The van der Waals surface area contributed by atoms with Crippen LogP contribution >= 0.6 is 0 Å². The summed E-state index contributed by atoms with van der Waals surface area (Å²) in [6, 6.07) is 81.6. The van der Waals surface area contributed by atoms with Gasteiger partial charge in [0.15, 0.2) is 11.6 Å². The van der Waals surface area contributed by atoms with Crippen molar-refractivity contribution in [2.45, 2.75) is 96.9 Å². The van der Waals surface area contributed by atoms with Crippen LogP contribution in [0.4, 0.5) is 0 Å². The van der Waals surface area contributed by atoms with Gasteiger partial charge in [-0.1, -0.05) is 121 Å². The normalized spacial score (nSPS) is 11.8. The molecule has 10 nitrogen and oxygen atoms in total. The Kier molecular flexibility index (Phi) is 15.1. The first-order valence-corrected chi connectivity index (χ1v) is 35.2. The molecule has 6 heterocycles. The molecular formula is C92H78N10. The first-order valence-electron chi connectivity index (χ1n) is 35.2.